The number of fused-ring (bicyclic) bond motifs is 5. The zero-order valence-electron chi connectivity index (χ0n) is 16.7. The highest BCUT2D eigenvalue weighted by Crippen LogP contribution is 2.68. The van der Waals surface area contributed by atoms with Crippen LogP contribution in [0, 0.1) is 34.5 Å². The molecule has 0 aromatic carbocycles. The first-order valence-corrected chi connectivity index (χ1v) is 12.9. The summed E-state index contributed by atoms with van der Waals surface area (Å²) in [5.41, 5.74) is 2.14. The van der Waals surface area contributed by atoms with Gasteiger partial charge in [-0.25, -0.2) is 0 Å². The molecule has 1 nitrogen and oxygen atoms in total. The maximum atomic E-state index is 13.0. The molecule has 0 bridgehead atoms. The highest BCUT2D eigenvalue weighted by atomic mass is 32.2. The van der Waals surface area contributed by atoms with E-state index in [2.05, 4.69) is 50.4 Å². The average Bonchev–Trinajstić information content (AvgIpc) is 3.19. The molecule has 0 amide bonds. The standard InChI is InChI=1S/C23H34OS2/c1-4-22-14-21(2,3)20-16-9-10-23(25-11-12-26-23)13-15(16)5-6-17(20)18(22)7-8-19(22)24/h13,16-18,20H,4-12,14H2,1-3H3/t16?,17?,18?,20?,22-/m0/s1. The number of Topliss-reactive ketones (excluding diaryl/α,β-unsaturated/α-hetero) is 1. The zero-order chi connectivity index (χ0) is 18.2. The molecule has 26 heavy (non-hydrogen) atoms. The van der Waals surface area contributed by atoms with Gasteiger partial charge >= 0.3 is 0 Å². The summed E-state index contributed by atoms with van der Waals surface area (Å²) in [7, 11) is 0. The molecule has 5 atom stereocenters. The molecule has 1 aliphatic heterocycles. The number of ketones is 1. The predicted molar refractivity (Wildman–Crippen MR) is 114 cm³/mol. The molecule has 0 N–H and O–H groups in total. The Bertz CT molecular complexity index is 645. The molecule has 144 valence electrons. The molecular formula is C23H34OS2. The van der Waals surface area contributed by atoms with Gasteiger partial charge in [0.05, 0.1) is 4.08 Å². The topological polar surface area (TPSA) is 17.1 Å². The number of rotatable bonds is 1. The molecule has 1 heterocycles. The SMILES string of the molecule is CC[C@]12CC(C)(C)C3C4CCC5(C=C4CCC3C1CCC2=O)SCCS5. The van der Waals surface area contributed by atoms with E-state index in [4.69, 9.17) is 0 Å². The lowest BCUT2D eigenvalue weighted by Crippen LogP contribution is -2.55. The van der Waals surface area contributed by atoms with Crippen molar-refractivity contribution in [1.82, 2.24) is 0 Å². The Balaban J connectivity index is 1.51. The van der Waals surface area contributed by atoms with E-state index in [-0.39, 0.29) is 5.41 Å². The summed E-state index contributed by atoms with van der Waals surface area (Å²) in [6.07, 6.45) is 12.4. The summed E-state index contributed by atoms with van der Waals surface area (Å²) in [6, 6.07) is 0. The van der Waals surface area contributed by atoms with Crippen LogP contribution >= 0.6 is 23.5 Å². The first-order chi connectivity index (χ1) is 12.4. The van der Waals surface area contributed by atoms with Gasteiger partial charge in [0, 0.05) is 23.3 Å². The van der Waals surface area contributed by atoms with Crippen molar-refractivity contribution in [1.29, 1.82) is 0 Å². The first-order valence-electron chi connectivity index (χ1n) is 10.9. The van der Waals surface area contributed by atoms with Crippen molar-refractivity contribution in [2.24, 2.45) is 34.5 Å². The Labute approximate surface area is 167 Å². The van der Waals surface area contributed by atoms with E-state index < -0.39 is 0 Å². The lowest BCUT2D eigenvalue weighted by molar-refractivity contribution is -0.143. The van der Waals surface area contributed by atoms with Crippen LogP contribution in [0.3, 0.4) is 0 Å². The van der Waals surface area contributed by atoms with E-state index in [0.717, 1.165) is 37.0 Å². The third kappa shape index (κ3) is 2.41. The maximum Gasteiger partial charge on any atom is 0.139 e. The van der Waals surface area contributed by atoms with Crippen LogP contribution in [-0.4, -0.2) is 21.4 Å². The Kier molecular flexibility index (Phi) is 4.23. The summed E-state index contributed by atoms with van der Waals surface area (Å²) >= 11 is 4.42. The quantitative estimate of drug-likeness (QED) is 0.487. The molecule has 0 aromatic heterocycles. The Morgan fingerprint density at radius 3 is 2.62 bits per heavy atom. The summed E-state index contributed by atoms with van der Waals surface area (Å²) in [5, 5.41) is 0. The molecule has 5 aliphatic rings. The zero-order valence-corrected chi connectivity index (χ0v) is 18.3. The van der Waals surface area contributed by atoms with Crippen LogP contribution in [0.4, 0.5) is 0 Å². The predicted octanol–water partition coefficient (Wildman–Crippen LogP) is 6.33. The number of carbonyl (C=O) groups excluding carboxylic acids is 1. The molecule has 0 aromatic rings. The molecule has 4 unspecified atom stereocenters. The van der Waals surface area contributed by atoms with Crippen molar-refractivity contribution in [2.75, 3.05) is 11.5 Å². The normalized spacial score (nSPS) is 45.8. The average molecular weight is 391 g/mol. The summed E-state index contributed by atoms with van der Waals surface area (Å²) in [4.78, 5) is 13.0. The van der Waals surface area contributed by atoms with E-state index in [9.17, 15) is 4.79 Å². The van der Waals surface area contributed by atoms with Crippen molar-refractivity contribution in [2.45, 2.75) is 76.2 Å². The molecule has 1 spiro atoms. The van der Waals surface area contributed by atoms with Crippen LogP contribution in [0.25, 0.3) is 0 Å². The second kappa shape index (κ2) is 6.05. The number of hydrogen-bond acceptors (Lipinski definition) is 3. The van der Waals surface area contributed by atoms with Gasteiger partial charge in [-0.1, -0.05) is 32.4 Å². The lowest BCUT2D eigenvalue weighted by atomic mass is 9.44. The minimum absolute atomic E-state index is 0.0267. The molecule has 1 saturated heterocycles. The van der Waals surface area contributed by atoms with Crippen molar-refractivity contribution in [3.63, 3.8) is 0 Å². The Morgan fingerprint density at radius 1 is 1.12 bits per heavy atom. The van der Waals surface area contributed by atoms with Gasteiger partial charge in [-0.3, -0.25) is 4.79 Å². The van der Waals surface area contributed by atoms with E-state index in [1.807, 2.05) is 0 Å². The lowest BCUT2D eigenvalue weighted by Gasteiger charge is -2.60. The minimum Gasteiger partial charge on any atom is -0.299 e. The minimum atomic E-state index is 0.0267. The van der Waals surface area contributed by atoms with Gasteiger partial charge in [0.25, 0.3) is 0 Å². The third-order valence-electron chi connectivity index (χ3n) is 8.89. The third-order valence-corrected chi connectivity index (χ3v) is 12.3. The molecule has 3 saturated carbocycles. The van der Waals surface area contributed by atoms with Gasteiger partial charge in [-0.2, -0.15) is 0 Å². The van der Waals surface area contributed by atoms with Crippen LogP contribution < -0.4 is 0 Å². The van der Waals surface area contributed by atoms with Crippen molar-refractivity contribution in [3.05, 3.63) is 11.6 Å². The van der Waals surface area contributed by atoms with Gasteiger partial charge < -0.3 is 0 Å². The van der Waals surface area contributed by atoms with E-state index in [1.54, 1.807) is 5.57 Å². The second-order valence-electron chi connectivity index (χ2n) is 10.3. The van der Waals surface area contributed by atoms with Crippen molar-refractivity contribution in [3.8, 4) is 0 Å². The number of hydrogen-bond donors (Lipinski definition) is 0. The molecule has 4 fully saturated rings. The highest BCUT2D eigenvalue weighted by Gasteiger charge is 2.63. The molecule has 0 radical (unpaired) electrons. The van der Waals surface area contributed by atoms with Crippen LogP contribution in [0.2, 0.25) is 0 Å². The van der Waals surface area contributed by atoms with Gasteiger partial charge in [0.2, 0.25) is 0 Å². The van der Waals surface area contributed by atoms with Crippen LogP contribution in [0.1, 0.15) is 72.1 Å². The summed E-state index contributed by atoms with van der Waals surface area (Å²) < 4.78 is 0.425. The van der Waals surface area contributed by atoms with Crippen LogP contribution in [0.5, 0.6) is 0 Å². The van der Waals surface area contributed by atoms with Gasteiger partial charge in [0.15, 0.2) is 0 Å². The Morgan fingerprint density at radius 2 is 1.88 bits per heavy atom. The Hall–Kier alpha value is 0.110. The number of thioether (sulfide) groups is 2. The van der Waals surface area contributed by atoms with Crippen LogP contribution in [0.15, 0.2) is 11.6 Å². The fourth-order valence-corrected chi connectivity index (χ4v) is 11.3. The molecule has 3 heteroatoms. The largest absolute Gasteiger partial charge is 0.299 e. The summed E-state index contributed by atoms with van der Waals surface area (Å²) in [6.45, 7) is 7.31. The maximum absolute atomic E-state index is 13.0. The van der Waals surface area contributed by atoms with Gasteiger partial charge in [-0.05, 0) is 74.0 Å². The number of allylic oxidation sites excluding steroid dienone is 1. The van der Waals surface area contributed by atoms with E-state index in [1.165, 1.54) is 43.6 Å². The first kappa shape index (κ1) is 18.2. The fourth-order valence-electron chi connectivity index (χ4n) is 8.14. The molecular weight excluding hydrogens is 356 g/mol. The number of carbonyl (C=O) groups is 1. The smallest absolute Gasteiger partial charge is 0.139 e. The van der Waals surface area contributed by atoms with Gasteiger partial charge in [0.1, 0.15) is 5.78 Å². The molecule has 4 aliphatic carbocycles. The van der Waals surface area contributed by atoms with Gasteiger partial charge in [-0.15, -0.1) is 23.5 Å². The van der Waals surface area contributed by atoms with Crippen molar-refractivity contribution < 1.29 is 4.79 Å². The fraction of sp³-hybridized carbons (Fsp3) is 0.870. The monoisotopic (exact) mass is 390 g/mol. The van der Waals surface area contributed by atoms with Crippen LogP contribution in [-0.2, 0) is 4.79 Å². The highest BCUT2D eigenvalue weighted by molar-refractivity contribution is 8.21. The molecule has 5 rings (SSSR count). The van der Waals surface area contributed by atoms with Crippen molar-refractivity contribution >= 4 is 29.3 Å². The van der Waals surface area contributed by atoms with E-state index in [0.29, 0.717) is 21.2 Å². The van der Waals surface area contributed by atoms with E-state index >= 15 is 0 Å². The second-order valence-corrected chi connectivity index (χ2v) is 13.5. The summed E-state index contributed by atoms with van der Waals surface area (Å²) in [5.74, 6) is 6.38.